The van der Waals surface area contributed by atoms with E-state index in [2.05, 4.69) is 12.2 Å². The van der Waals surface area contributed by atoms with Crippen molar-refractivity contribution in [3.05, 3.63) is 0 Å². The molecule has 0 fully saturated rings. The number of hydrogen-bond acceptors (Lipinski definition) is 0. The molecule has 0 aliphatic heterocycles. The van der Waals surface area contributed by atoms with Crippen LogP contribution in [-0.2, 0) is 0 Å². The highest BCUT2D eigenvalue weighted by Gasteiger charge is 1.94. The molecule has 0 aromatic rings. The molecule has 0 spiro atoms. The van der Waals surface area contributed by atoms with Gasteiger partial charge in [0.15, 0.2) is 0 Å². The Bertz CT molecular complexity index is 129. The standard InChI is InChI=1S/C18H38N/c1-3-4-5-6-7-8-9-10-11-12-13-14-15-16-17-18-19-2/h3-18H2,1-2H3. The van der Waals surface area contributed by atoms with Gasteiger partial charge in [-0.15, -0.1) is 0 Å². The van der Waals surface area contributed by atoms with Crippen LogP contribution in [0.5, 0.6) is 0 Å². The minimum atomic E-state index is 1.07. The van der Waals surface area contributed by atoms with Crippen LogP contribution in [0.25, 0.3) is 0 Å². The molecule has 19 heavy (non-hydrogen) atoms. The summed E-state index contributed by atoms with van der Waals surface area (Å²) in [5.41, 5.74) is 0. The molecule has 0 amide bonds. The smallest absolute Gasteiger partial charge is 0.0130 e. The predicted molar refractivity (Wildman–Crippen MR) is 87.9 cm³/mol. The Balaban J connectivity index is 2.88. The lowest BCUT2D eigenvalue weighted by molar-refractivity contribution is 0.530. The van der Waals surface area contributed by atoms with Crippen molar-refractivity contribution in [3.63, 3.8) is 0 Å². The SMILES string of the molecule is CCCCCCCCCCCCCCCCC[N]C. The molecular weight excluding hydrogens is 230 g/mol. The molecular formula is C18H38N. The van der Waals surface area contributed by atoms with Gasteiger partial charge in [0.1, 0.15) is 0 Å². The highest BCUT2D eigenvalue weighted by molar-refractivity contribution is 4.50. The number of unbranched alkanes of at least 4 members (excludes halogenated alkanes) is 14. The molecule has 1 radical (unpaired) electrons. The Morgan fingerprint density at radius 3 is 1.11 bits per heavy atom. The largest absolute Gasteiger partial charge is 0.245 e. The summed E-state index contributed by atoms with van der Waals surface area (Å²) in [4.78, 5) is 0. The topological polar surface area (TPSA) is 14.1 Å². The molecule has 0 rings (SSSR count). The molecule has 0 saturated heterocycles. The van der Waals surface area contributed by atoms with Crippen molar-refractivity contribution in [1.29, 1.82) is 0 Å². The molecule has 0 atom stereocenters. The zero-order valence-corrected chi connectivity index (χ0v) is 13.8. The van der Waals surface area contributed by atoms with Crippen molar-refractivity contribution in [2.45, 2.75) is 103 Å². The van der Waals surface area contributed by atoms with Gasteiger partial charge in [-0.25, -0.2) is 5.32 Å². The Kier molecular flexibility index (Phi) is 17.9. The summed E-state index contributed by atoms with van der Waals surface area (Å²) in [5.74, 6) is 0. The van der Waals surface area contributed by atoms with Crippen molar-refractivity contribution in [2.24, 2.45) is 0 Å². The number of hydrogen-bond donors (Lipinski definition) is 0. The van der Waals surface area contributed by atoms with E-state index in [4.69, 9.17) is 0 Å². The molecule has 0 unspecified atom stereocenters. The van der Waals surface area contributed by atoms with Crippen LogP contribution in [0.15, 0.2) is 0 Å². The summed E-state index contributed by atoms with van der Waals surface area (Å²) < 4.78 is 0. The first kappa shape index (κ1) is 19.0. The van der Waals surface area contributed by atoms with E-state index in [0.29, 0.717) is 0 Å². The van der Waals surface area contributed by atoms with Crippen LogP contribution < -0.4 is 5.32 Å². The maximum Gasteiger partial charge on any atom is 0.0130 e. The van der Waals surface area contributed by atoms with E-state index in [1.54, 1.807) is 0 Å². The molecule has 0 aromatic heterocycles. The van der Waals surface area contributed by atoms with Crippen LogP contribution in [0.2, 0.25) is 0 Å². The fourth-order valence-electron chi connectivity index (χ4n) is 2.64. The van der Waals surface area contributed by atoms with E-state index < -0.39 is 0 Å². The Morgan fingerprint density at radius 2 is 0.789 bits per heavy atom. The molecule has 1 heteroatoms. The molecule has 0 aliphatic rings. The van der Waals surface area contributed by atoms with Gasteiger partial charge in [-0.3, -0.25) is 0 Å². The van der Waals surface area contributed by atoms with E-state index in [0.717, 1.165) is 6.54 Å². The zero-order chi connectivity index (χ0) is 14.0. The highest BCUT2D eigenvalue weighted by Crippen LogP contribution is 2.13. The van der Waals surface area contributed by atoms with Gasteiger partial charge in [-0.05, 0) is 6.42 Å². The van der Waals surface area contributed by atoms with Gasteiger partial charge in [0.25, 0.3) is 0 Å². The molecule has 0 bridgehead atoms. The molecule has 115 valence electrons. The minimum Gasteiger partial charge on any atom is -0.245 e. The predicted octanol–water partition coefficient (Wildman–Crippen LogP) is 6.09. The lowest BCUT2D eigenvalue weighted by Gasteiger charge is -2.03. The summed E-state index contributed by atoms with van der Waals surface area (Å²) in [6, 6.07) is 0. The van der Waals surface area contributed by atoms with E-state index in [1.165, 1.54) is 96.3 Å². The summed E-state index contributed by atoms with van der Waals surface area (Å²) in [6.07, 6.45) is 21.6. The minimum absolute atomic E-state index is 1.07. The number of nitrogens with zero attached hydrogens (tertiary/aromatic N) is 1. The summed E-state index contributed by atoms with van der Waals surface area (Å²) in [7, 11) is 1.92. The average Bonchev–Trinajstić information content (AvgIpc) is 2.43. The number of rotatable bonds is 16. The van der Waals surface area contributed by atoms with Gasteiger partial charge in [-0.2, -0.15) is 0 Å². The fourth-order valence-corrected chi connectivity index (χ4v) is 2.64. The van der Waals surface area contributed by atoms with E-state index in [9.17, 15) is 0 Å². The molecule has 0 aromatic carbocycles. The van der Waals surface area contributed by atoms with Gasteiger partial charge in [0.2, 0.25) is 0 Å². The third-order valence-corrected chi connectivity index (χ3v) is 3.99. The van der Waals surface area contributed by atoms with Crippen molar-refractivity contribution in [1.82, 2.24) is 5.32 Å². The fraction of sp³-hybridized carbons (Fsp3) is 1.00. The third kappa shape index (κ3) is 18.0. The van der Waals surface area contributed by atoms with Crippen LogP contribution in [0, 0.1) is 0 Å². The normalized spacial score (nSPS) is 11.1. The van der Waals surface area contributed by atoms with Crippen molar-refractivity contribution in [3.8, 4) is 0 Å². The van der Waals surface area contributed by atoms with Gasteiger partial charge in [0.05, 0.1) is 0 Å². The summed E-state index contributed by atoms with van der Waals surface area (Å²) in [6.45, 7) is 3.36. The van der Waals surface area contributed by atoms with Crippen LogP contribution in [0.4, 0.5) is 0 Å². The molecule has 0 N–H and O–H groups in total. The Morgan fingerprint density at radius 1 is 0.474 bits per heavy atom. The second-order valence-electron chi connectivity index (χ2n) is 5.99. The van der Waals surface area contributed by atoms with Crippen LogP contribution in [0.1, 0.15) is 103 Å². The maximum atomic E-state index is 4.13. The van der Waals surface area contributed by atoms with Crippen molar-refractivity contribution >= 4 is 0 Å². The first-order valence-corrected chi connectivity index (χ1v) is 8.97. The third-order valence-electron chi connectivity index (χ3n) is 3.99. The van der Waals surface area contributed by atoms with Gasteiger partial charge >= 0.3 is 0 Å². The monoisotopic (exact) mass is 268 g/mol. The first-order valence-electron chi connectivity index (χ1n) is 8.97. The maximum absolute atomic E-state index is 4.13. The molecule has 0 aliphatic carbocycles. The van der Waals surface area contributed by atoms with Gasteiger partial charge in [-0.1, -0.05) is 96.8 Å². The van der Waals surface area contributed by atoms with E-state index in [1.807, 2.05) is 7.05 Å². The Labute approximate surface area is 122 Å². The van der Waals surface area contributed by atoms with E-state index >= 15 is 0 Å². The van der Waals surface area contributed by atoms with Crippen LogP contribution >= 0.6 is 0 Å². The second kappa shape index (κ2) is 18.0. The van der Waals surface area contributed by atoms with Gasteiger partial charge in [0, 0.05) is 13.6 Å². The molecule has 0 saturated carbocycles. The summed E-state index contributed by atoms with van der Waals surface area (Å²) >= 11 is 0. The zero-order valence-electron chi connectivity index (χ0n) is 13.8. The van der Waals surface area contributed by atoms with Crippen LogP contribution in [-0.4, -0.2) is 13.6 Å². The first-order chi connectivity index (χ1) is 9.41. The molecule has 1 nitrogen and oxygen atoms in total. The van der Waals surface area contributed by atoms with Gasteiger partial charge < -0.3 is 0 Å². The lowest BCUT2D eigenvalue weighted by atomic mass is 10.0. The quantitative estimate of drug-likeness (QED) is 0.301. The highest BCUT2D eigenvalue weighted by atomic mass is 14.8. The summed E-state index contributed by atoms with van der Waals surface area (Å²) in [5, 5.41) is 4.13. The Hall–Kier alpha value is -0.0400. The second-order valence-corrected chi connectivity index (χ2v) is 5.99. The lowest BCUT2D eigenvalue weighted by Crippen LogP contribution is -1.98. The molecule has 0 heterocycles. The van der Waals surface area contributed by atoms with Crippen molar-refractivity contribution in [2.75, 3.05) is 13.6 Å². The van der Waals surface area contributed by atoms with Crippen molar-refractivity contribution < 1.29 is 0 Å². The average molecular weight is 269 g/mol. The van der Waals surface area contributed by atoms with E-state index in [-0.39, 0.29) is 0 Å². The van der Waals surface area contributed by atoms with Crippen LogP contribution in [0.3, 0.4) is 0 Å².